The predicted molar refractivity (Wildman–Crippen MR) is 147 cm³/mol. The van der Waals surface area contributed by atoms with Gasteiger partial charge in [0.25, 0.3) is 5.91 Å². The number of hydrogen-bond acceptors (Lipinski definition) is 7. The Labute approximate surface area is 228 Å². The number of aromatic nitrogens is 2. The van der Waals surface area contributed by atoms with Crippen LogP contribution in [0.3, 0.4) is 0 Å². The van der Waals surface area contributed by atoms with Gasteiger partial charge in [-0.15, -0.1) is 10.2 Å². The monoisotopic (exact) mass is 577 g/mol. The lowest BCUT2D eigenvalue weighted by atomic mass is 9.97. The summed E-state index contributed by atoms with van der Waals surface area (Å²) in [5, 5.41) is 20.2. The minimum absolute atomic E-state index is 0.0440. The van der Waals surface area contributed by atoms with E-state index in [9.17, 15) is 9.90 Å². The van der Waals surface area contributed by atoms with Crippen LogP contribution in [-0.4, -0.2) is 46.2 Å². The zero-order chi connectivity index (χ0) is 26.6. The molecule has 9 nitrogen and oxygen atoms in total. The normalized spacial score (nSPS) is 16.2. The van der Waals surface area contributed by atoms with Gasteiger partial charge < -0.3 is 14.6 Å². The Hall–Kier alpha value is -3.76. The number of rotatable bonds is 7. The zero-order valence-electron chi connectivity index (χ0n) is 21.2. The molecule has 0 radical (unpaired) electrons. The molecule has 4 aromatic rings. The van der Waals surface area contributed by atoms with Crippen LogP contribution < -0.4 is 9.47 Å². The molecule has 1 atom stereocenters. The second-order valence-electron chi connectivity index (χ2n) is 9.09. The molecular formula is C28H28BrN5O4. The molecule has 0 bridgehead atoms. The van der Waals surface area contributed by atoms with Crippen molar-refractivity contribution in [3.05, 3.63) is 76.5 Å². The van der Waals surface area contributed by atoms with Crippen molar-refractivity contribution in [1.82, 2.24) is 14.5 Å². The molecular weight excluding hydrogens is 550 g/mol. The molecule has 1 fully saturated rings. The van der Waals surface area contributed by atoms with Gasteiger partial charge in [0, 0.05) is 40.4 Å². The van der Waals surface area contributed by atoms with E-state index in [0.29, 0.717) is 29.1 Å². The van der Waals surface area contributed by atoms with Gasteiger partial charge in [-0.1, -0.05) is 28.4 Å². The summed E-state index contributed by atoms with van der Waals surface area (Å²) in [6.07, 6.45) is 6.92. The number of fused-ring (bicyclic) bond motifs is 1. The highest BCUT2D eigenvalue weighted by atomic mass is 79.9. The third kappa shape index (κ3) is 5.14. The van der Waals surface area contributed by atoms with Gasteiger partial charge in [0.1, 0.15) is 0 Å². The number of benzene rings is 2. The average Bonchev–Trinajstić information content (AvgIpc) is 3.21. The van der Waals surface area contributed by atoms with Crippen molar-refractivity contribution in [2.24, 2.45) is 10.2 Å². The van der Waals surface area contributed by atoms with E-state index >= 15 is 0 Å². The van der Waals surface area contributed by atoms with Crippen LogP contribution in [-0.2, 0) is 6.67 Å². The van der Waals surface area contributed by atoms with Crippen LogP contribution in [0.1, 0.15) is 41.2 Å². The third-order valence-corrected chi connectivity index (χ3v) is 7.34. The Kier molecular flexibility index (Phi) is 7.71. The molecule has 0 saturated carbocycles. The van der Waals surface area contributed by atoms with Gasteiger partial charge in [-0.3, -0.25) is 19.2 Å². The zero-order valence-corrected chi connectivity index (χ0v) is 22.8. The van der Waals surface area contributed by atoms with E-state index in [0.717, 1.165) is 41.4 Å². The Morgan fingerprint density at radius 1 is 1.13 bits per heavy atom. The van der Waals surface area contributed by atoms with Gasteiger partial charge in [-0.25, -0.2) is 0 Å². The molecule has 2 aromatic carbocycles. The highest BCUT2D eigenvalue weighted by molar-refractivity contribution is 9.10. The fourth-order valence-corrected chi connectivity index (χ4v) is 5.31. The molecule has 0 unspecified atom stereocenters. The molecule has 38 heavy (non-hydrogen) atoms. The van der Waals surface area contributed by atoms with Crippen molar-refractivity contribution in [2.75, 3.05) is 20.8 Å². The van der Waals surface area contributed by atoms with E-state index in [-0.39, 0.29) is 17.6 Å². The van der Waals surface area contributed by atoms with Crippen molar-refractivity contribution < 1.29 is 19.4 Å². The number of carbonyl (C=O) groups excluding carboxylic acids is 1. The average molecular weight is 578 g/mol. The SMILES string of the molecule is COc1ccc(C(=O)N=Nc2c(O)n(CN3CCCC[C@H]3c3cccnc3)c3ccc(Br)cc23)cc1OC. The van der Waals surface area contributed by atoms with E-state index < -0.39 is 5.91 Å². The summed E-state index contributed by atoms with van der Waals surface area (Å²) in [7, 11) is 3.03. The van der Waals surface area contributed by atoms with Gasteiger partial charge in [0.05, 0.1) is 26.4 Å². The van der Waals surface area contributed by atoms with E-state index in [2.05, 4.69) is 42.1 Å². The third-order valence-electron chi connectivity index (χ3n) is 6.85. The van der Waals surface area contributed by atoms with E-state index in [1.165, 1.54) is 14.2 Å². The minimum Gasteiger partial charge on any atom is -0.493 e. The summed E-state index contributed by atoms with van der Waals surface area (Å²) < 4.78 is 13.2. The first-order valence-electron chi connectivity index (χ1n) is 12.3. The first kappa shape index (κ1) is 25.9. The lowest BCUT2D eigenvalue weighted by Gasteiger charge is -2.36. The summed E-state index contributed by atoms with van der Waals surface area (Å²) in [5.41, 5.74) is 2.49. The Morgan fingerprint density at radius 3 is 2.74 bits per heavy atom. The number of aromatic hydroxyl groups is 1. The van der Waals surface area contributed by atoms with E-state index in [4.69, 9.17) is 9.47 Å². The van der Waals surface area contributed by atoms with Crippen molar-refractivity contribution in [3.8, 4) is 17.4 Å². The number of pyridine rings is 1. The van der Waals surface area contributed by atoms with Crippen molar-refractivity contribution >= 4 is 38.4 Å². The van der Waals surface area contributed by atoms with Crippen LogP contribution in [0.2, 0.25) is 0 Å². The summed E-state index contributed by atoms with van der Waals surface area (Å²) >= 11 is 3.51. The predicted octanol–water partition coefficient (Wildman–Crippen LogP) is 6.63. The quantitative estimate of drug-likeness (QED) is 0.247. The highest BCUT2D eigenvalue weighted by Crippen LogP contribution is 2.42. The minimum atomic E-state index is -0.561. The number of amides is 1. The van der Waals surface area contributed by atoms with Gasteiger partial charge >= 0.3 is 0 Å². The number of hydrogen-bond donors (Lipinski definition) is 1. The lowest BCUT2D eigenvalue weighted by molar-refractivity contribution is 0.0994. The van der Waals surface area contributed by atoms with Gasteiger partial charge in [-0.05, 0) is 60.9 Å². The molecule has 10 heteroatoms. The molecule has 0 aliphatic carbocycles. The first-order chi connectivity index (χ1) is 18.5. The standard InChI is InChI=1S/C28H28BrN5O4/c1-37-24-11-8-18(14-25(24)38-2)27(35)32-31-26-21-15-20(29)9-10-23(21)34(28(26)36)17-33-13-4-3-7-22(33)19-6-5-12-30-16-19/h5-6,8-12,14-16,22,36H,3-4,7,13,17H2,1-2H3/t22-/m0/s1. The van der Waals surface area contributed by atoms with Crippen molar-refractivity contribution in [1.29, 1.82) is 0 Å². The molecule has 196 valence electrons. The molecule has 5 rings (SSSR count). The summed E-state index contributed by atoms with van der Waals surface area (Å²) in [6.45, 7) is 1.35. The molecule has 1 aliphatic heterocycles. The van der Waals surface area contributed by atoms with Gasteiger partial charge in [0.15, 0.2) is 17.2 Å². The van der Waals surface area contributed by atoms with Crippen LogP contribution in [0.25, 0.3) is 10.9 Å². The van der Waals surface area contributed by atoms with E-state index in [1.54, 1.807) is 24.4 Å². The number of ether oxygens (including phenoxy) is 2. The molecule has 1 aliphatic rings. The maximum atomic E-state index is 12.9. The van der Waals surface area contributed by atoms with Crippen LogP contribution in [0.15, 0.2) is 75.6 Å². The molecule has 1 saturated heterocycles. The van der Waals surface area contributed by atoms with E-state index in [1.807, 2.05) is 35.0 Å². The Morgan fingerprint density at radius 2 is 1.97 bits per heavy atom. The number of piperidine rings is 1. The number of nitrogens with zero attached hydrogens (tertiary/aromatic N) is 5. The van der Waals surface area contributed by atoms with Crippen LogP contribution >= 0.6 is 15.9 Å². The maximum absolute atomic E-state index is 12.9. The molecule has 3 heterocycles. The fourth-order valence-electron chi connectivity index (χ4n) is 4.95. The maximum Gasteiger partial charge on any atom is 0.295 e. The second-order valence-corrected chi connectivity index (χ2v) is 10.0. The number of halogens is 1. The summed E-state index contributed by atoms with van der Waals surface area (Å²) in [5.74, 6) is 0.321. The summed E-state index contributed by atoms with van der Waals surface area (Å²) in [6, 6.07) is 14.7. The fraction of sp³-hybridized carbons (Fsp3) is 0.286. The molecule has 1 amide bonds. The highest BCUT2D eigenvalue weighted by Gasteiger charge is 2.27. The molecule has 0 spiro atoms. The number of carbonyl (C=O) groups is 1. The Bertz CT molecular complexity index is 1490. The van der Waals surface area contributed by atoms with Crippen LogP contribution in [0.4, 0.5) is 5.69 Å². The number of azo groups is 1. The van der Waals surface area contributed by atoms with Crippen LogP contribution in [0, 0.1) is 0 Å². The first-order valence-corrected chi connectivity index (χ1v) is 13.1. The second kappa shape index (κ2) is 11.3. The molecule has 2 aromatic heterocycles. The lowest BCUT2D eigenvalue weighted by Crippen LogP contribution is -2.34. The van der Waals surface area contributed by atoms with Gasteiger partial charge in [-0.2, -0.15) is 0 Å². The van der Waals surface area contributed by atoms with Crippen molar-refractivity contribution in [3.63, 3.8) is 0 Å². The van der Waals surface area contributed by atoms with Crippen LogP contribution in [0.5, 0.6) is 17.4 Å². The van der Waals surface area contributed by atoms with Crippen molar-refractivity contribution in [2.45, 2.75) is 32.0 Å². The number of methoxy groups -OCH3 is 2. The topological polar surface area (TPSA) is 102 Å². The Balaban J connectivity index is 1.49. The number of likely N-dealkylation sites (tertiary alicyclic amines) is 1. The molecule has 1 N–H and O–H groups in total. The smallest absolute Gasteiger partial charge is 0.295 e. The largest absolute Gasteiger partial charge is 0.493 e. The summed E-state index contributed by atoms with van der Waals surface area (Å²) in [4.78, 5) is 19.5. The van der Waals surface area contributed by atoms with Gasteiger partial charge in [0.2, 0.25) is 5.88 Å².